The van der Waals surface area contributed by atoms with E-state index in [9.17, 15) is 0 Å². The Morgan fingerprint density at radius 1 is 1.17 bits per heavy atom. The molecule has 0 saturated carbocycles. The van der Waals surface area contributed by atoms with Crippen LogP contribution < -0.4 is 4.90 Å². The maximum Gasteiger partial charge on any atom is 0.225 e. The molecule has 1 aliphatic rings. The molecule has 1 aliphatic heterocycles. The van der Waals surface area contributed by atoms with E-state index in [4.69, 9.17) is 16.6 Å². The van der Waals surface area contributed by atoms with Gasteiger partial charge in [0.15, 0.2) is 0 Å². The number of benzene rings is 1. The summed E-state index contributed by atoms with van der Waals surface area (Å²) in [6.45, 7) is 6.04. The minimum absolute atomic E-state index is 0.368. The molecule has 4 rings (SSSR count). The van der Waals surface area contributed by atoms with Crippen molar-refractivity contribution in [2.45, 2.75) is 38.8 Å². The van der Waals surface area contributed by atoms with Gasteiger partial charge in [-0.25, -0.2) is 9.97 Å². The van der Waals surface area contributed by atoms with Crippen LogP contribution in [0.25, 0.3) is 11.1 Å². The minimum atomic E-state index is 0.368. The van der Waals surface area contributed by atoms with E-state index < -0.39 is 0 Å². The van der Waals surface area contributed by atoms with E-state index in [0.29, 0.717) is 5.92 Å². The Bertz CT molecular complexity index is 982. The second kappa shape index (κ2) is 9.14. The highest BCUT2D eigenvalue weighted by Gasteiger charge is 2.26. The standard InChI is InChI=1S/C23H29ClN6/c1-4-30-15-17(12-26-30)14-29-11-5-6-19(16-29)22-21(13-25-23(27-22)28(2)3)18-7-9-20(24)10-8-18/h7-10,12-13,15,19H,4-6,11,14,16H2,1-3H3/t19-/m1/s1. The molecule has 1 aromatic carbocycles. The number of hydrogen-bond acceptors (Lipinski definition) is 5. The van der Waals surface area contributed by atoms with E-state index in [1.807, 2.05) is 48.2 Å². The molecule has 0 radical (unpaired) electrons. The van der Waals surface area contributed by atoms with Crippen molar-refractivity contribution >= 4 is 17.5 Å². The number of aryl methyl sites for hydroxylation is 1. The van der Waals surface area contributed by atoms with E-state index in [-0.39, 0.29) is 0 Å². The molecule has 6 nitrogen and oxygen atoms in total. The van der Waals surface area contributed by atoms with Gasteiger partial charge in [-0.15, -0.1) is 0 Å². The van der Waals surface area contributed by atoms with Gasteiger partial charge in [-0.1, -0.05) is 23.7 Å². The lowest BCUT2D eigenvalue weighted by Gasteiger charge is -2.33. The van der Waals surface area contributed by atoms with Crippen molar-refractivity contribution in [1.82, 2.24) is 24.6 Å². The molecule has 0 bridgehead atoms. The van der Waals surface area contributed by atoms with Crippen LogP contribution in [-0.4, -0.2) is 51.8 Å². The Kier molecular flexibility index (Phi) is 6.35. The molecule has 0 aliphatic carbocycles. The number of anilines is 1. The summed E-state index contributed by atoms with van der Waals surface area (Å²) in [5.41, 5.74) is 4.61. The molecular weight excluding hydrogens is 396 g/mol. The molecule has 7 heteroatoms. The maximum absolute atomic E-state index is 6.11. The maximum atomic E-state index is 6.11. The number of piperidine rings is 1. The average Bonchev–Trinajstić information content (AvgIpc) is 3.21. The van der Waals surface area contributed by atoms with Gasteiger partial charge in [0.25, 0.3) is 0 Å². The van der Waals surface area contributed by atoms with Crippen LogP contribution in [0.3, 0.4) is 0 Å². The molecule has 1 saturated heterocycles. The largest absolute Gasteiger partial charge is 0.347 e. The van der Waals surface area contributed by atoms with Gasteiger partial charge < -0.3 is 4.90 Å². The van der Waals surface area contributed by atoms with Crippen LogP contribution in [0.15, 0.2) is 42.9 Å². The molecule has 3 aromatic rings. The van der Waals surface area contributed by atoms with Crippen LogP contribution in [0.2, 0.25) is 5.02 Å². The van der Waals surface area contributed by atoms with Crippen LogP contribution in [0.4, 0.5) is 5.95 Å². The van der Waals surface area contributed by atoms with Gasteiger partial charge in [0.1, 0.15) is 0 Å². The molecule has 0 amide bonds. The van der Waals surface area contributed by atoms with Crippen LogP contribution in [0.5, 0.6) is 0 Å². The molecule has 30 heavy (non-hydrogen) atoms. The van der Waals surface area contributed by atoms with Crippen molar-refractivity contribution in [2.75, 3.05) is 32.1 Å². The Morgan fingerprint density at radius 3 is 2.67 bits per heavy atom. The molecule has 3 heterocycles. The summed E-state index contributed by atoms with van der Waals surface area (Å²) in [5, 5.41) is 5.16. The zero-order chi connectivity index (χ0) is 21.1. The van der Waals surface area contributed by atoms with Gasteiger partial charge in [-0.2, -0.15) is 5.10 Å². The molecule has 0 unspecified atom stereocenters. The molecule has 1 atom stereocenters. The summed E-state index contributed by atoms with van der Waals surface area (Å²) in [6.07, 6.45) is 8.40. The van der Waals surface area contributed by atoms with Crippen molar-refractivity contribution in [1.29, 1.82) is 0 Å². The molecule has 2 aromatic heterocycles. The lowest BCUT2D eigenvalue weighted by atomic mass is 9.90. The highest BCUT2D eigenvalue weighted by Crippen LogP contribution is 2.34. The topological polar surface area (TPSA) is 50.1 Å². The molecule has 158 valence electrons. The van der Waals surface area contributed by atoms with E-state index in [1.54, 1.807) is 0 Å². The molecule has 0 spiro atoms. The molecule has 0 N–H and O–H groups in total. The zero-order valence-electron chi connectivity index (χ0n) is 17.9. The van der Waals surface area contributed by atoms with Gasteiger partial charge in [0, 0.05) is 68.2 Å². The zero-order valence-corrected chi connectivity index (χ0v) is 18.7. The Hall–Kier alpha value is -2.44. The van der Waals surface area contributed by atoms with E-state index >= 15 is 0 Å². The summed E-state index contributed by atoms with van der Waals surface area (Å²) >= 11 is 6.11. The summed E-state index contributed by atoms with van der Waals surface area (Å²) in [6, 6.07) is 7.97. The number of hydrogen-bond donors (Lipinski definition) is 0. The summed E-state index contributed by atoms with van der Waals surface area (Å²) in [5.74, 6) is 1.12. The third kappa shape index (κ3) is 4.65. The van der Waals surface area contributed by atoms with E-state index in [2.05, 4.69) is 40.2 Å². The fraction of sp³-hybridized carbons (Fsp3) is 0.435. The van der Waals surface area contributed by atoms with Crippen LogP contribution in [0.1, 0.15) is 36.9 Å². The van der Waals surface area contributed by atoms with E-state index in [0.717, 1.165) is 66.8 Å². The average molecular weight is 425 g/mol. The second-order valence-corrected chi connectivity index (χ2v) is 8.59. The number of rotatable bonds is 6. The van der Waals surface area contributed by atoms with Gasteiger partial charge >= 0.3 is 0 Å². The fourth-order valence-electron chi connectivity index (χ4n) is 4.11. The quantitative estimate of drug-likeness (QED) is 0.584. The SMILES string of the molecule is CCn1cc(CN2CCC[C@@H](c3nc(N(C)C)ncc3-c3ccc(Cl)cc3)C2)cn1. The lowest BCUT2D eigenvalue weighted by molar-refractivity contribution is 0.198. The van der Waals surface area contributed by atoms with Gasteiger partial charge in [-0.05, 0) is 44.0 Å². The fourth-order valence-corrected chi connectivity index (χ4v) is 4.23. The highest BCUT2D eigenvalue weighted by atomic mass is 35.5. The lowest BCUT2D eigenvalue weighted by Crippen LogP contribution is -2.34. The van der Waals surface area contributed by atoms with Gasteiger partial charge in [0.05, 0.1) is 11.9 Å². The van der Waals surface area contributed by atoms with Crippen molar-refractivity contribution in [3.05, 3.63) is 59.1 Å². The smallest absolute Gasteiger partial charge is 0.225 e. The van der Waals surface area contributed by atoms with Gasteiger partial charge in [0.2, 0.25) is 5.95 Å². The van der Waals surface area contributed by atoms with Crippen LogP contribution in [-0.2, 0) is 13.1 Å². The second-order valence-electron chi connectivity index (χ2n) is 8.15. The normalized spacial score (nSPS) is 17.3. The van der Waals surface area contributed by atoms with Crippen molar-refractivity contribution in [3.8, 4) is 11.1 Å². The predicted molar refractivity (Wildman–Crippen MR) is 122 cm³/mol. The Balaban J connectivity index is 1.61. The van der Waals surface area contributed by atoms with Crippen molar-refractivity contribution < 1.29 is 0 Å². The van der Waals surface area contributed by atoms with Crippen molar-refractivity contribution in [2.24, 2.45) is 0 Å². The first-order chi connectivity index (χ1) is 14.5. The minimum Gasteiger partial charge on any atom is -0.347 e. The summed E-state index contributed by atoms with van der Waals surface area (Å²) in [7, 11) is 3.97. The summed E-state index contributed by atoms with van der Waals surface area (Å²) in [4.78, 5) is 14.1. The van der Waals surface area contributed by atoms with Crippen LogP contribution in [0, 0.1) is 0 Å². The monoisotopic (exact) mass is 424 g/mol. The number of aromatic nitrogens is 4. The van der Waals surface area contributed by atoms with E-state index in [1.165, 1.54) is 5.56 Å². The number of nitrogens with zero attached hydrogens (tertiary/aromatic N) is 6. The number of halogens is 1. The first-order valence-corrected chi connectivity index (χ1v) is 10.9. The predicted octanol–water partition coefficient (Wildman–Crippen LogP) is 4.46. The Morgan fingerprint density at radius 2 is 1.97 bits per heavy atom. The highest BCUT2D eigenvalue weighted by molar-refractivity contribution is 6.30. The number of likely N-dealkylation sites (tertiary alicyclic amines) is 1. The third-order valence-corrected chi connectivity index (χ3v) is 5.92. The molecular formula is C23H29ClN6. The van der Waals surface area contributed by atoms with Crippen LogP contribution >= 0.6 is 11.6 Å². The Labute approximate surface area is 183 Å². The summed E-state index contributed by atoms with van der Waals surface area (Å²) < 4.78 is 1.99. The van der Waals surface area contributed by atoms with Gasteiger partial charge in [-0.3, -0.25) is 9.58 Å². The first kappa shape index (κ1) is 20.8. The third-order valence-electron chi connectivity index (χ3n) is 5.67. The molecule has 1 fully saturated rings. The first-order valence-electron chi connectivity index (χ1n) is 10.6. The van der Waals surface area contributed by atoms with Crippen molar-refractivity contribution in [3.63, 3.8) is 0 Å².